The van der Waals surface area contributed by atoms with E-state index >= 15 is 0 Å². The van der Waals surface area contributed by atoms with Crippen LogP contribution >= 0.6 is 11.6 Å². The van der Waals surface area contributed by atoms with E-state index in [9.17, 15) is 4.79 Å². The van der Waals surface area contributed by atoms with E-state index in [1.807, 2.05) is 0 Å². The second-order valence-corrected chi connectivity index (χ2v) is 5.10. The number of nitrogens with one attached hydrogen (secondary N) is 1. The van der Waals surface area contributed by atoms with Gasteiger partial charge < -0.3 is 14.2 Å². The van der Waals surface area contributed by atoms with Gasteiger partial charge >= 0.3 is 0 Å². The Morgan fingerprint density at radius 2 is 1.75 bits per heavy atom. The van der Waals surface area contributed by atoms with Crippen molar-refractivity contribution < 1.29 is 19.0 Å². The molecule has 2 aromatic carbocycles. The van der Waals surface area contributed by atoms with Crippen molar-refractivity contribution in [2.45, 2.75) is 0 Å². The summed E-state index contributed by atoms with van der Waals surface area (Å²) in [5.74, 6) is 1.13. The molecule has 0 radical (unpaired) electrons. The minimum absolute atomic E-state index is 0.360. The van der Waals surface area contributed by atoms with Gasteiger partial charge in [0.05, 0.1) is 27.5 Å². The first kappa shape index (κ1) is 17.6. The van der Waals surface area contributed by atoms with Gasteiger partial charge in [-0.2, -0.15) is 5.10 Å². The van der Waals surface area contributed by atoms with Gasteiger partial charge in [0, 0.05) is 16.1 Å². The lowest BCUT2D eigenvalue weighted by Gasteiger charge is -2.12. The average molecular weight is 349 g/mol. The number of hydrogen-bond donors (Lipinski definition) is 1. The monoisotopic (exact) mass is 348 g/mol. The summed E-state index contributed by atoms with van der Waals surface area (Å²) >= 11 is 5.86. The van der Waals surface area contributed by atoms with Gasteiger partial charge in [0.15, 0.2) is 11.5 Å². The molecule has 0 aromatic heterocycles. The largest absolute Gasteiger partial charge is 0.493 e. The second kappa shape index (κ2) is 8.21. The van der Waals surface area contributed by atoms with Crippen LogP contribution in [0.15, 0.2) is 41.5 Å². The molecule has 0 aliphatic carbocycles. The Labute approximate surface area is 145 Å². The second-order valence-electron chi connectivity index (χ2n) is 4.67. The summed E-state index contributed by atoms with van der Waals surface area (Å²) in [5, 5.41) is 4.42. The van der Waals surface area contributed by atoms with E-state index in [1.165, 1.54) is 27.5 Å². The molecule has 0 saturated carbocycles. The first-order chi connectivity index (χ1) is 11.6. The van der Waals surface area contributed by atoms with E-state index in [2.05, 4.69) is 10.5 Å². The standard InChI is InChI=1S/C17H17ClN2O4/c1-22-14-7-11(8-15(23-2)16(14)24-3)10-19-20-17(21)12-5-4-6-13(18)9-12/h4-10H,1-3H3,(H,20,21). The lowest BCUT2D eigenvalue weighted by molar-refractivity contribution is 0.0955. The molecule has 126 valence electrons. The summed E-state index contributed by atoms with van der Waals surface area (Å²) in [4.78, 5) is 12.0. The Kier molecular flexibility index (Phi) is 6.03. The Bertz CT molecular complexity index is 737. The van der Waals surface area contributed by atoms with Crippen LogP contribution in [-0.2, 0) is 0 Å². The number of carbonyl (C=O) groups is 1. The zero-order valence-corrected chi connectivity index (χ0v) is 14.3. The van der Waals surface area contributed by atoms with Crippen LogP contribution in [0.25, 0.3) is 0 Å². The molecule has 0 saturated heterocycles. The van der Waals surface area contributed by atoms with Gasteiger partial charge in [-0.1, -0.05) is 17.7 Å². The molecule has 0 atom stereocenters. The highest BCUT2D eigenvalue weighted by Crippen LogP contribution is 2.37. The van der Waals surface area contributed by atoms with Crippen molar-refractivity contribution in [1.29, 1.82) is 0 Å². The van der Waals surface area contributed by atoms with Crippen LogP contribution in [0.3, 0.4) is 0 Å². The number of rotatable bonds is 6. The lowest BCUT2D eigenvalue weighted by Crippen LogP contribution is -2.17. The molecule has 0 unspecified atom stereocenters. The van der Waals surface area contributed by atoms with Crippen LogP contribution < -0.4 is 19.6 Å². The summed E-state index contributed by atoms with van der Waals surface area (Å²) < 4.78 is 15.8. The number of ether oxygens (including phenoxy) is 3. The maximum absolute atomic E-state index is 12.0. The van der Waals surface area contributed by atoms with E-state index in [4.69, 9.17) is 25.8 Å². The van der Waals surface area contributed by atoms with Crippen molar-refractivity contribution in [2.24, 2.45) is 5.10 Å². The zero-order valence-electron chi connectivity index (χ0n) is 13.5. The van der Waals surface area contributed by atoms with Crippen LogP contribution in [0.4, 0.5) is 0 Å². The Balaban J connectivity index is 2.15. The number of methoxy groups -OCH3 is 3. The van der Waals surface area contributed by atoms with E-state index in [-0.39, 0.29) is 5.91 Å². The molecule has 0 bridgehead atoms. The number of amides is 1. The van der Waals surface area contributed by atoms with Crippen LogP contribution in [0.2, 0.25) is 5.02 Å². The third-order valence-corrected chi connectivity index (χ3v) is 3.39. The smallest absolute Gasteiger partial charge is 0.271 e. The molecule has 0 heterocycles. The van der Waals surface area contributed by atoms with Crippen LogP contribution in [-0.4, -0.2) is 33.5 Å². The van der Waals surface area contributed by atoms with Crippen LogP contribution in [0.5, 0.6) is 17.2 Å². The fraction of sp³-hybridized carbons (Fsp3) is 0.176. The molecule has 2 rings (SSSR count). The van der Waals surface area contributed by atoms with Gasteiger partial charge in [0.2, 0.25) is 5.75 Å². The Morgan fingerprint density at radius 3 is 2.29 bits per heavy atom. The molecule has 1 amide bonds. The van der Waals surface area contributed by atoms with Gasteiger partial charge in [-0.3, -0.25) is 4.79 Å². The highest BCUT2D eigenvalue weighted by Gasteiger charge is 2.12. The molecule has 0 aliphatic rings. The molecule has 0 aliphatic heterocycles. The van der Waals surface area contributed by atoms with E-state index < -0.39 is 0 Å². The fourth-order valence-corrected chi connectivity index (χ4v) is 2.23. The third kappa shape index (κ3) is 4.17. The number of hydrogen-bond acceptors (Lipinski definition) is 5. The van der Waals surface area contributed by atoms with E-state index in [0.29, 0.717) is 33.4 Å². The van der Waals surface area contributed by atoms with Gasteiger partial charge in [-0.25, -0.2) is 5.43 Å². The van der Waals surface area contributed by atoms with Crippen LogP contribution in [0, 0.1) is 0 Å². The summed E-state index contributed by atoms with van der Waals surface area (Å²) in [6.45, 7) is 0. The van der Waals surface area contributed by atoms with Crippen LogP contribution in [0.1, 0.15) is 15.9 Å². The quantitative estimate of drug-likeness (QED) is 0.643. The SMILES string of the molecule is COc1cc(C=NNC(=O)c2cccc(Cl)c2)cc(OC)c1OC. The number of carbonyl (C=O) groups excluding carboxylic acids is 1. The number of halogens is 1. The lowest BCUT2D eigenvalue weighted by atomic mass is 10.2. The maximum atomic E-state index is 12.0. The van der Waals surface area contributed by atoms with Crippen molar-refractivity contribution in [3.05, 3.63) is 52.5 Å². The van der Waals surface area contributed by atoms with E-state index in [1.54, 1.807) is 36.4 Å². The molecule has 0 spiro atoms. The van der Waals surface area contributed by atoms with Gasteiger partial charge in [-0.15, -0.1) is 0 Å². The minimum atomic E-state index is -0.360. The Hall–Kier alpha value is -2.73. The molecule has 2 aromatic rings. The molecular weight excluding hydrogens is 332 g/mol. The summed E-state index contributed by atoms with van der Waals surface area (Å²) in [6.07, 6.45) is 1.48. The molecule has 6 nitrogen and oxygen atoms in total. The highest BCUT2D eigenvalue weighted by atomic mass is 35.5. The average Bonchev–Trinajstić information content (AvgIpc) is 2.60. The minimum Gasteiger partial charge on any atom is -0.493 e. The van der Waals surface area contributed by atoms with Crippen molar-refractivity contribution in [3.63, 3.8) is 0 Å². The molecule has 7 heteroatoms. The normalized spacial score (nSPS) is 10.5. The summed E-state index contributed by atoms with van der Waals surface area (Å²) in [7, 11) is 4.58. The first-order valence-corrected chi connectivity index (χ1v) is 7.35. The topological polar surface area (TPSA) is 69.2 Å². The molecule has 24 heavy (non-hydrogen) atoms. The van der Waals surface area contributed by atoms with Gasteiger partial charge in [0.25, 0.3) is 5.91 Å². The van der Waals surface area contributed by atoms with Crippen molar-refractivity contribution in [1.82, 2.24) is 5.43 Å². The summed E-state index contributed by atoms with van der Waals surface area (Å²) in [5.41, 5.74) is 3.53. The van der Waals surface area contributed by atoms with E-state index in [0.717, 1.165) is 0 Å². The van der Waals surface area contributed by atoms with Crippen molar-refractivity contribution >= 4 is 23.7 Å². The predicted octanol–water partition coefficient (Wildman–Crippen LogP) is 3.13. The van der Waals surface area contributed by atoms with Gasteiger partial charge in [-0.05, 0) is 30.3 Å². The van der Waals surface area contributed by atoms with Gasteiger partial charge in [0.1, 0.15) is 0 Å². The Morgan fingerprint density at radius 1 is 1.08 bits per heavy atom. The summed E-state index contributed by atoms with van der Waals surface area (Å²) in [6, 6.07) is 10.0. The zero-order chi connectivity index (χ0) is 17.5. The predicted molar refractivity (Wildman–Crippen MR) is 92.6 cm³/mol. The fourth-order valence-electron chi connectivity index (χ4n) is 2.04. The third-order valence-electron chi connectivity index (χ3n) is 3.15. The highest BCUT2D eigenvalue weighted by molar-refractivity contribution is 6.30. The number of benzene rings is 2. The molecule has 1 N–H and O–H groups in total. The first-order valence-electron chi connectivity index (χ1n) is 6.98. The molecular formula is C17H17ClN2O4. The molecule has 0 fully saturated rings. The maximum Gasteiger partial charge on any atom is 0.271 e. The number of nitrogens with zero attached hydrogens (tertiary/aromatic N) is 1. The number of hydrazone groups is 1. The van der Waals surface area contributed by atoms with Crippen molar-refractivity contribution in [3.8, 4) is 17.2 Å². The van der Waals surface area contributed by atoms with Crippen molar-refractivity contribution in [2.75, 3.05) is 21.3 Å².